The highest BCUT2D eigenvalue weighted by molar-refractivity contribution is 5.85. The number of nitrogens with zero attached hydrogens (tertiary/aromatic N) is 3. The summed E-state index contributed by atoms with van der Waals surface area (Å²) in [4.78, 5) is 6.95. The molecule has 1 saturated heterocycles. The third-order valence-electron chi connectivity index (χ3n) is 3.69. The van der Waals surface area contributed by atoms with Gasteiger partial charge in [0.25, 0.3) is 0 Å². The molecule has 1 aliphatic heterocycles. The summed E-state index contributed by atoms with van der Waals surface area (Å²) in [5.74, 6) is 2.27. The van der Waals surface area contributed by atoms with Crippen molar-refractivity contribution in [2.45, 2.75) is 44.2 Å². The highest BCUT2D eigenvalue weighted by Gasteiger charge is 2.30. The fraction of sp³-hybridized carbons (Fsp3) is 0.833. The van der Waals surface area contributed by atoms with E-state index in [1.165, 1.54) is 25.7 Å². The second-order valence-electron chi connectivity index (χ2n) is 5.15. The molecule has 2 fully saturated rings. The van der Waals surface area contributed by atoms with E-state index < -0.39 is 0 Å². The van der Waals surface area contributed by atoms with Crippen molar-refractivity contribution >= 4 is 12.4 Å². The second-order valence-corrected chi connectivity index (χ2v) is 5.15. The van der Waals surface area contributed by atoms with Crippen LogP contribution in [0.1, 0.15) is 43.3 Å². The third kappa shape index (κ3) is 3.02. The van der Waals surface area contributed by atoms with Crippen LogP contribution in [0, 0.1) is 0 Å². The van der Waals surface area contributed by atoms with Gasteiger partial charge in [-0.15, -0.1) is 12.4 Å². The topological polar surface area (TPSA) is 54.2 Å². The van der Waals surface area contributed by atoms with Gasteiger partial charge in [-0.2, -0.15) is 4.98 Å². The van der Waals surface area contributed by atoms with Crippen molar-refractivity contribution in [2.75, 3.05) is 20.1 Å². The van der Waals surface area contributed by atoms with E-state index in [0.29, 0.717) is 12.0 Å². The molecule has 1 aliphatic carbocycles. The molecule has 0 spiro atoms. The summed E-state index contributed by atoms with van der Waals surface area (Å²) in [5.41, 5.74) is 0. The summed E-state index contributed by atoms with van der Waals surface area (Å²) in [6.45, 7) is 3.04. The molecule has 1 atom stereocenters. The lowest BCUT2D eigenvalue weighted by Gasteiger charge is -2.22. The van der Waals surface area contributed by atoms with Crippen molar-refractivity contribution in [1.82, 2.24) is 20.4 Å². The minimum atomic E-state index is 0. The number of halogens is 1. The molecule has 1 aromatic rings. The standard InChI is InChI=1S/C12H20N4O.ClH/c1-13-7-10-3-2-6-16(10)8-11-14-12(17-15-11)9-4-5-9;/h9-10,13H,2-8H2,1H3;1H. The van der Waals surface area contributed by atoms with Crippen molar-refractivity contribution < 1.29 is 4.52 Å². The first-order chi connectivity index (χ1) is 8.36. The van der Waals surface area contributed by atoms with Crippen LogP contribution in [0.25, 0.3) is 0 Å². The van der Waals surface area contributed by atoms with E-state index in [4.69, 9.17) is 4.52 Å². The van der Waals surface area contributed by atoms with Crippen molar-refractivity contribution in [3.05, 3.63) is 11.7 Å². The molecule has 2 aliphatic rings. The largest absolute Gasteiger partial charge is 0.339 e. The first kappa shape index (κ1) is 13.8. The van der Waals surface area contributed by atoms with Gasteiger partial charge in [0.2, 0.25) is 5.89 Å². The van der Waals surface area contributed by atoms with Gasteiger partial charge < -0.3 is 9.84 Å². The molecule has 0 aromatic carbocycles. The Bertz CT molecular complexity index is 380. The molecular weight excluding hydrogens is 252 g/mol. The Morgan fingerprint density at radius 1 is 1.39 bits per heavy atom. The van der Waals surface area contributed by atoms with Crippen LogP contribution in [-0.2, 0) is 6.54 Å². The Balaban J connectivity index is 0.00000120. The predicted molar refractivity (Wildman–Crippen MR) is 70.9 cm³/mol. The summed E-state index contributed by atoms with van der Waals surface area (Å²) in [6.07, 6.45) is 4.98. The van der Waals surface area contributed by atoms with Crippen molar-refractivity contribution in [3.63, 3.8) is 0 Å². The average molecular weight is 273 g/mol. The van der Waals surface area contributed by atoms with E-state index in [9.17, 15) is 0 Å². The molecule has 3 rings (SSSR count). The number of hydrogen-bond acceptors (Lipinski definition) is 5. The minimum Gasteiger partial charge on any atom is -0.339 e. The van der Waals surface area contributed by atoms with E-state index in [1.807, 2.05) is 7.05 Å². The lowest BCUT2D eigenvalue weighted by molar-refractivity contribution is 0.232. The third-order valence-corrected chi connectivity index (χ3v) is 3.69. The van der Waals surface area contributed by atoms with Crippen molar-refractivity contribution in [1.29, 1.82) is 0 Å². The second kappa shape index (κ2) is 5.99. The number of hydrogen-bond donors (Lipinski definition) is 1. The molecule has 102 valence electrons. The summed E-state index contributed by atoms with van der Waals surface area (Å²) in [6, 6.07) is 0.628. The first-order valence-electron chi connectivity index (χ1n) is 6.58. The molecule has 0 radical (unpaired) electrons. The zero-order valence-electron chi connectivity index (χ0n) is 10.8. The van der Waals surface area contributed by atoms with Crippen molar-refractivity contribution in [2.24, 2.45) is 0 Å². The van der Waals surface area contributed by atoms with Crippen LogP contribution in [0.3, 0.4) is 0 Å². The van der Waals surface area contributed by atoms with E-state index in [2.05, 4.69) is 20.4 Å². The van der Waals surface area contributed by atoms with E-state index in [1.54, 1.807) is 0 Å². The molecule has 0 amide bonds. The van der Waals surface area contributed by atoms with Gasteiger partial charge in [0.1, 0.15) is 0 Å². The molecule has 1 aromatic heterocycles. The molecule has 2 heterocycles. The Kier molecular flexibility index (Phi) is 4.59. The normalized spacial score (nSPS) is 24.2. The molecule has 1 saturated carbocycles. The summed E-state index contributed by atoms with van der Waals surface area (Å²) in [5, 5.41) is 7.34. The maximum Gasteiger partial charge on any atom is 0.229 e. The van der Waals surface area contributed by atoms with Crippen LogP contribution in [0.4, 0.5) is 0 Å². The fourth-order valence-corrected chi connectivity index (χ4v) is 2.58. The summed E-state index contributed by atoms with van der Waals surface area (Å²) < 4.78 is 5.29. The Morgan fingerprint density at radius 3 is 2.94 bits per heavy atom. The predicted octanol–water partition coefficient (Wildman–Crippen LogP) is 1.55. The molecule has 18 heavy (non-hydrogen) atoms. The SMILES string of the molecule is CNCC1CCCN1Cc1noc(C2CC2)n1.Cl. The van der Waals surface area contributed by atoms with Crippen LogP contribution in [0.15, 0.2) is 4.52 Å². The van der Waals surface area contributed by atoms with Gasteiger partial charge in [-0.05, 0) is 39.3 Å². The van der Waals surface area contributed by atoms with Crippen LogP contribution in [0.5, 0.6) is 0 Å². The van der Waals surface area contributed by atoms with Crippen LogP contribution in [0.2, 0.25) is 0 Å². The Morgan fingerprint density at radius 2 is 2.22 bits per heavy atom. The molecule has 1 unspecified atom stereocenters. The number of likely N-dealkylation sites (N-methyl/N-ethyl adjacent to an activating group) is 1. The number of aromatic nitrogens is 2. The Hall–Kier alpha value is -0.650. The van der Waals surface area contributed by atoms with Gasteiger partial charge >= 0.3 is 0 Å². The minimum absolute atomic E-state index is 0. The fourth-order valence-electron chi connectivity index (χ4n) is 2.58. The highest BCUT2D eigenvalue weighted by atomic mass is 35.5. The average Bonchev–Trinajstić information content (AvgIpc) is 2.93. The summed E-state index contributed by atoms with van der Waals surface area (Å²) >= 11 is 0. The lowest BCUT2D eigenvalue weighted by atomic mass is 10.2. The molecule has 0 bridgehead atoms. The van der Waals surface area contributed by atoms with Crippen LogP contribution < -0.4 is 5.32 Å². The van der Waals surface area contributed by atoms with Crippen LogP contribution >= 0.6 is 12.4 Å². The number of rotatable bonds is 5. The van der Waals surface area contributed by atoms with E-state index >= 15 is 0 Å². The molecule has 1 N–H and O–H groups in total. The molecule has 5 nitrogen and oxygen atoms in total. The Labute approximate surface area is 114 Å². The first-order valence-corrected chi connectivity index (χ1v) is 6.58. The van der Waals surface area contributed by atoms with Gasteiger partial charge in [0, 0.05) is 18.5 Å². The quantitative estimate of drug-likeness (QED) is 0.881. The highest BCUT2D eigenvalue weighted by Crippen LogP contribution is 2.38. The molecule has 6 heteroatoms. The van der Waals surface area contributed by atoms with Gasteiger partial charge in [-0.3, -0.25) is 4.90 Å². The smallest absolute Gasteiger partial charge is 0.229 e. The monoisotopic (exact) mass is 272 g/mol. The van der Waals surface area contributed by atoms with Crippen LogP contribution in [-0.4, -0.2) is 41.2 Å². The lowest BCUT2D eigenvalue weighted by Crippen LogP contribution is -2.36. The zero-order chi connectivity index (χ0) is 11.7. The van der Waals surface area contributed by atoms with Gasteiger partial charge in [-0.1, -0.05) is 5.16 Å². The zero-order valence-corrected chi connectivity index (χ0v) is 11.6. The van der Waals surface area contributed by atoms with Crippen molar-refractivity contribution in [3.8, 4) is 0 Å². The summed E-state index contributed by atoms with van der Waals surface area (Å²) in [7, 11) is 2.01. The maximum absolute atomic E-state index is 5.29. The number of likely N-dealkylation sites (tertiary alicyclic amines) is 1. The van der Waals surface area contributed by atoms with E-state index in [0.717, 1.165) is 31.3 Å². The van der Waals surface area contributed by atoms with Gasteiger partial charge in [0.05, 0.1) is 6.54 Å². The number of nitrogens with one attached hydrogen (secondary N) is 1. The van der Waals surface area contributed by atoms with E-state index in [-0.39, 0.29) is 12.4 Å². The maximum atomic E-state index is 5.29. The molecular formula is C12H21ClN4O. The van der Waals surface area contributed by atoms with Gasteiger partial charge in [0.15, 0.2) is 5.82 Å². The van der Waals surface area contributed by atoms with Gasteiger partial charge in [-0.25, -0.2) is 0 Å².